The smallest absolute Gasteiger partial charge is 0.201 e. The Kier molecular flexibility index (Phi) is 5.21. The summed E-state index contributed by atoms with van der Waals surface area (Å²) in [5.41, 5.74) is 1.19. The maximum atomic E-state index is 13.7. The molecule has 0 amide bonds. The van der Waals surface area contributed by atoms with Crippen molar-refractivity contribution in [2.45, 2.75) is 90.7 Å². The zero-order valence-corrected chi connectivity index (χ0v) is 21.4. The van der Waals surface area contributed by atoms with E-state index in [0.29, 0.717) is 27.9 Å². The number of ketones is 1. The van der Waals surface area contributed by atoms with E-state index < -0.39 is 5.60 Å². The summed E-state index contributed by atoms with van der Waals surface area (Å²) < 4.78 is 1.68. The van der Waals surface area contributed by atoms with Gasteiger partial charge in [-0.05, 0) is 105 Å². The van der Waals surface area contributed by atoms with Gasteiger partial charge in [0.1, 0.15) is 12.1 Å². The number of Topliss-reactive ketones (excluding diaryl/α,β-unsaturated/α-hetero) is 1. The summed E-state index contributed by atoms with van der Waals surface area (Å²) in [4.78, 5) is 17.9. The van der Waals surface area contributed by atoms with E-state index in [9.17, 15) is 9.90 Å². The molecule has 0 radical (unpaired) electrons. The number of pyridine rings is 1. The van der Waals surface area contributed by atoms with E-state index in [1.54, 1.807) is 16.9 Å². The highest BCUT2D eigenvalue weighted by atomic mass is 35.5. The summed E-state index contributed by atoms with van der Waals surface area (Å²) in [6, 6.07) is 1.79. The molecule has 6 rings (SSSR count). The van der Waals surface area contributed by atoms with Gasteiger partial charge in [-0.25, -0.2) is 9.67 Å². The lowest BCUT2D eigenvalue weighted by molar-refractivity contribution is -0.151. The number of carbonyl (C=O) groups is 1. The summed E-state index contributed by atoms with van der Waals surface area (Å²) in [6.45, 7) is 7.21. The van der Waals surface area contributed by atoms with E-state index in [2.05, 4.69) is 29.1 Å². The van der Waals surface area contributed by atoms with Gasteiger partial charge in [0, 0.05) is 12.1 Å². The standard InChI is InChI=1S/C27H37ClN4O2/c1-25(34)10-11-26(2)16(13-25)4-5-18-19-6-7-21(27(19,3)9-8-20(18)26)23(33)15-32-22-12-17(28)14-29-24(22)30-31-32/h12,14,16,18-21,34H,4-11,13,15H2,1-3H3/t16-,18+,19+,20+,21-,25-,26+,27+/m1/s1. The van der Waals surface area contributed by atoms with Crippen molar-refractivity contribution in [3.63, 3.8) is 0 Å². The second kappa shape index (κ2) is 7.73. The van der Waals surface area contributed by atoms with Crippen molar-refractivity contribution >= 4 is 28.5 Å². The molecule has 0 unspecified atom stereocenters. The van der Waals surface area contributed by atoms with E-state index in [-0.39, 0.29) is 23.7 Å². The average Bonchev–Trinajstić information content (AvgIpc) is 3.34. The molecule has 1 N–H and O–H groups in total. The van der Waals surface area contributed by atoms with E-state index in [1.807, 2.05) is 6.92 Å². The fourth-order valence-electron chi connectivity index (χ4n) is 9.17. The van der Waals surface area contributed by atoms with E-state index in [1.165, 1.54) is 19.3 Å². The van der Waals surface area contributed by atoms with Gasteiger partial charge in [-0.2, -0.15) is 0 Å². The third kappa shape index (κ3) is 3.38. The topological polar surface area (TPSA) is 80.9 Å². The van der Waals surface area contributed by atoms with Crippen LogP contribution in [-0.2, 0) is 11.3 Å². The van der Waals surface area contributed by atoms with Gasteiger partial charge in [-0.3, -0.25) is 4.79 Å². The number of nitrogens with zero attached hydrogens (tertiary/aromatic N) is 4. The fourth-order valence-corrected chi connectivity index (χ4v) is 9.32. The average molecular weight is 485 g/mol. The predicted octanol–water partition coefficient (Wildman–Crippen LogP) is 5.46. The van der Waals surface area contributed by atoms with Crippen molar-refractivity contribution in [2.75, 3.05) is 0 Å². The molecule has 184 valence electrons. The minimum Gasteiger partial charge on any atom is -0.390 e. The number of carbonyl (C=O) groups excluding carboxylic acids is 1. The van der Waals surface area contributed by atoms with Gasteiger partial charge in [-0.15, -0.1) is 5.10 Å². The van der Waals surface area contributed by atoms with Gasteiger partial charge in [-0.1, -0.05) is 30.7 Å². The number of fused-ring (bicyclic) bond motifs is 6. The molecule has 7 heteroatoms. The van der Waals surface area contributed by atoms with Crippen LogP contribution in [0.25, 0.3) is 11.2 Å². The molecule has 2 aromatic rings. The lowest BCUT2D eigenvalue weighted by Crippen LogP contribution is -2.55. The van der Waals surface area contributed by atoms with Crippen LogP contribution in [0.3, 0.4) is 0 Å². The molecule has 6 nitrogen and oxygen atoms in total. The fraction of sp³-hybridized carbons (Fsp3) is 0.778. The van der Waals surface area contributed by atoms with Crippen molar-refractivity contribution in [3.8, 4) is 0 Å². The molecule has 0 aliphatic heterocycles. The van der Waals surface area contributed by atoms with Crippen molar-refractivity contribution in [3.05, 3.63) is 17.3 Å². The Morgan fingerprint density at radius 1 is 1.09 bits per heavy atom. The molecular weight excluding hydrogens is 448 g/mol. The van der Waals surface area contributed by atoms with E-state index in [0.717, 1.165) is 55.9 Å². The Balaban J connectivity index is 1.22. The van der Waals surface area contributed by atoms with Crippen LogP contribution in [0.15, 0.2) is 12.3 Å². The normalized spacial score (nSPS) is 43.9. The minimum atomic E-state index is -0.490. The summed E-state index contributed by atoms with van der Waals surface area (Å²) >= 11 is 6.13. The van der Waals surface area contributed by atoms with Gasteiger partial charge >= 0.3 is 0 Å². The Bertz CT molecular complexity index is 1130. The van der Waals surface area contributed by atoms with Crippen molar-refractivity contribution in [1.29, 1.82) is 0 Å². The molecule has 0 bridgehead atoms. The number of rotatable bonds is 3. The summed E-state index contributed by atoms with van der Waals surface area (Å²) in [6.07, 6.45) is 11.6. The maximum absolute atomic E-state index is 13.7. The quantitative estimate of drug-likeness (QED) is 0.625. The van der Waals surface area contributed by atoms with Gasteiger partial charge in [0.15, 0.2) is 5.78 Å². The molecule has 0 aromatic carbocycles. The summed E-state index contributed by atoms with van der Waals surface area (Å²) in [7, 11) is 0. The van der Waals surface area contributed by atoms with Crippen molar-refractivity contribution in [2.24, 2.45) is 40.4 Å². The number of hydrogen-bond donors (Lipinski definition) is 1. The van der Waals surface area contributed by atoms with Crippen LogP contribution in [0.4, 0.5) is 0 Å². The van der Waals surface area contributed by atoms with Crippen molar-refractivity contribution in [1.82, 2.24) is 20.0 Å². The highest BCUT2D eigenvalue weighted by molar-refractivity contribution is 6.31. The molecule has 0 spiro atoms. The van der Waals surface area contributed by atoms with E-state index >= 15 is 0 Å². The zero-order chi connectivity index (χ0) is 23.9. The first kappa shape index (κ1) is 22.9. The number of halogens is 1. The molecule has 4 saturated carbocycles. The van der Waals surface area contributed by atoms with Crippen LogP contribution in [0, 0.1) is 40.4 Å². The van der Waals surface area contributed by atoms with Gasteiger partial charge in [0.25, 0.3) is 0 Å². The van der Waals surface area contributed by atoms with Crippen LogP contribution in [0.5, 0.6) is 0 Å². The monoisotopic (exact) mass is 484 g/mol. The third-order valence-electron chi connectivity index (χ3n) is 11.0. The second-order valence-electron chi connectivity index (χ2n) is 12.7. The molecule has 2 heterocycles. The molecule has 4 aliphatic rings. The summed E-state index contributed by atoms with van der Waals surface area (Å²) in [5.74, 6) is 3.09. The Morgan fingerprint density at radius 3 is 2.71 bits per heavy atom. The largest absolute Gasteiger partial charge is 0.390 e. The molecule has 34 heavy (non-hydrogen) atoms. The van der Waals surface area contributed by atoms with Gasteiger partial charge < -0.3 is 5.11 Å². The summed E-state index contributed by atoms with van der Waals surface area (Å²) in [5, 5.41) is 19.6. The van der Waals surface area contributed by atoms with Crippen LogP contribution < -0.4 is 0 Å². The maximum Gasteiger partial charge on any atom is 0.201 e. The van der Waals surface area contributed by atoms with Crippen LogP contribution >= 0.6 is 11.6 Å². The molecule has 4 fully saturated rings. The SMILES string of the molecule is C[C@@]1(O)CC[C@@]2(C)[C@H](CC[C@@H]3[C@@H]2CC[C@]2(C)[C@@H](C(=O)Cn4nnc5ncc(Cl)cc54)CC[C@@H]32)C1. The molecule has 0 saturated heterocycles. The molecule has 4 aliphatic carbocycles. The molecule has 2 aromatic heterocycles. The van der Waals surface area contributed by atoms with Crippen LogP contribution in [0.2, 0.25) is 5.02 Å². The number of aromatic nitrogens is 4. The number of hydrogen-bond acceptors (Lipinski definition) is 5. The van der Waals surface area contributed by atoms with Crippen LogP contribution in [0.1, 0.15) is 78.6 Å². The Morgan fingerprint density at radius 2 is 1.88 bits per heavy atom. The zero-order valence-electron chi connectivity index (χ0n) is 20.6. The highest BCUT2D eigenvalue weighted by Gasteiger charge is 2.61. The number of aliphatic hydroxyl groups is 1. The third-order valence-corrected chi connectivity index (χ3v) is 11.2. The van der Waals surface area contributed by atoms with Crippen molar-refractivity contribution < 1.29 is 9.90 Å². The predicted molar refractivity (Wildman–Crippen MR) is 131 cm³/mol. The minimum absolute atomic E-state index is 0.0773. The molecule has 8 atom stereocenters. The highest BCUT2D eigenvalue weighted by Crippen LogP contribution is 2.68. The lowest BCUT2D eigenvalue weighted by atomic mass is 9.44. The van der Waals surface area contributed by atoms with Gasteiger partial charge in [0.05, 0.1) is 10.6 Å². The lowest BCUT2D eigenvalue weighted by Gasteiger charge is -2.61. The first-order chi connectivity index (χ1) is 16.1. The first-order valence-electron chi connectivity index (χ1n) is 13.2. The molecular formula is C27H37ClN4O2. The van der Waals surface area contributed by atoms with Gasteiger partial charge in [0.2, 0.25) is 5.65 Å². The Hall–Kier alpha value is -1.53. The Labute approximate surface area is 206 Å². The second-order valence-corrected chi connectivity index (χ2v) is 13.2. The first-order valence-corrected chi connectivity index (χ1v) is 13.6. The van der Waals surface area contributed by atoms with Crippen LogP contribution in [-0.4, -0.2) is 36.5 Å². The van der Waals surface area contributed by atoms with E-state index in [4.69, 9.17) is 11.6 Å².